The summed E-state index contributed by atoms with van der Waals surface area (Å²) in [5, 5.41) is 7.08. The number of ether oxygens (including phenoxy) is 1. The zero-order valence-corrected chi connectivity index (χ0v) is 14.5. The second kappa shape index (κ2) is 7.56. The van der Waals surface area contributed by atoms with Gasteiger partial charge in [0.2, 0.25) is 0 Å². The number of hydrogen-bond acceptors (Lipinski definition) is 6. The van der Waals surface area contributed by atoms with Gasteiger partial charge in [-0.2, -0.15) is 0 Å². The minimum absolute atomic E-state index is 0.295. The van der Waals surface area contributed by atoms with Gasteiger partial charge in [-0.3, -0.25) is 0 Å². The van der Waals surface area contributed by atoms with Crippen molar-refractivity contribution in [1.29, 1.82) is 0 Å². The molecule has 3 aromatic rings. The van der Waals surface area contributed by atoms with E-state index in [1.54, 1.807) is 37.4 Å². The number of nitrogens with zero attached hydrogens (tertiary/aromatic N) is 3. The van der Waals surface area contributed by atoms with Gasteiger partial charge >= 0.3 is 6.03 Å². The van der Waals surface area contributed by atoms with Gasteiger partial charge < -0.3 is 20.3 Å². The van der Waals surface area contributed by atoms with E-state index in [-0.39, 0.29) is 0 Å². The molecule has 0 fully saturated rings. The van der Waals surface area contributed by atoms with Crippen LogP contribution in [-0.2, 0) is 0 Å². The van der Waals surface area contributed by atoms with Crippen LogP contribution >= 0.6 is 0 Å². The van der Waals surface area contributed by atoms with E-state index in [1.165, 1.54) is 4.90 Å². The zero-order valence-electron chi connectivity index (χ0n) is 14.5. The summed E-state index contributed by atoms with van der Waals surface area (Å²) in [6.45, 7) is 4.15. The minimum atomic E-state index is -0.688. The molecule has 0 saturated heterocycles. The number of aryl methyl sites for hydroxylation is 1. The van der Waals surface area contributed by atoms with Gasteiger partial charge in [-0.05, 0) is 38.1 Å². The molecule has 2 heterocycles. The molecular weight excluding hydrogens is 334 g/mol. The van der Waals surface area contributed by atoms with Crippen molar-refractivity contribution in [2.75, 3.05) is 16.8 Å². The highest BCUT2D eigenvalue weighted by Crippen LogP contribution is 2.36. The number of nitrogens with one attached hydrogen (secondary N) is 1. The van der Waals surface area contributed by atoms with Crippen molar-refractivity contribution in [2.45, 2.75) is 13.8 Å². The number of amides is 2. The Bertz CT molecular complexity index is 895. The molecule has 0 aliphatic rings. The molecule has 1 aromatic carbocycles. The van der Waals surface area contributed by atoms with E-state index in [1.807, 2.05) is 25.1 Å². The molecule has 0 unspecified atom stereocenters. The molecule has 8 heteroatoms. The van der Waals surface area contributed by atoms with Gasteiger partial charge in [0.15, 0.2) is 5.82 Å². The third-order valence-corrected chi connectivity index (χ3v) is 3.51. The summed E-state index contributed by atoms with van der Waals surface area (Å²) in [7, 11) is 0. The van der Waals surface area contributed by atoms with Crippen LogP contribution in [0.1, 0.15) is 12.7 Å². The fourth-order valence-corrected chi connectivity index (χ4v) is 2.46. The van der Waals surface area contributed by atoms with Gasteiger partial charge in [-0.15, -0.1) is 0 Å². The van der Waals surface area contributed by atoms with E-state index in [9.17, 15) is 4.79 Å². The van der Waals surface area contributed by atoms with Crippen LogP contribution in [0.3, 0.4) is 0 Å². The summed E-state index contributed by atoms with van der Waals surface area (Å²) < 4.78 is 10.6. The quantitative estimate of drug-likeness (QED) is 0.699. The normalized spacial score (nSPS) is 10.4. The SMILES string of the molecule is CCOc1ccc(N(C(N)=O)c2cc(C)on2)c(Nc2ccccn2)c1. The molecule has 0 radical (unpaired) electrons. The van der Waals surface area contributed by atoms with Crippen molar-refractivity contribution in [1.82, 2.24) is 10.1 Å². The minimum Gasteiger partial charge on any atom is -0.494 e. The second-order valence-corrected chi connectivity index (χ2v) is 5.42. The van der Waals surface area contributed by atoms with Crippen LogP contribution in [0.5, 0.6) is 5.75 Å². The first-order valence-electron chi connectivity index (χ1n) is 8.06. The molecule has 8 nitrogen and oxygen atoms in total. The van der Waals surface area contributed by atoms with Crippen molar-refractivity contribution in [3.05, 3.63) is 54.4 Å². The first-order chi connectivity index (χ1) is 12.6. The monoisotopic (exact) mass is 353 g/mol. The number of nitrogens with two attached hydrogens (primary N) is 1. The first-order valence-corrected chi connectivity index (χ1v) is 8.06. The van der Waals surface area contributed by atoms with Gasteiger partial charge in [0.05, 0.1) is 18.0 Å². The van der Waals surface area contributed by atoms with Crippen LogP contribution in [0, 0.1) is 6.92 Å². The first kappa shape index (κ1) is 17.3. The number of rotatable bonds is 6. The Morgan fingerprint density at radius 1 is 1.31 bits per heavy atom. The number of primary amides is 1. The fraction of sp³-hybridized carbons (Fsp3) is 0.167. The Balaban J connectivity index is 2.07. The van der Waals surface area contributed by atoms with E-state index in [0.29, 0.717) is 41.1 Å². The average molecular weight is 353 g/mol. The van der Waals surface area contributed by atoms with E-state index >= 15 is 0 Å². The lowest BCUT2D eigenvalue weighted by Crippen LogP contribution is -2.32. The topological polar surface area (TPSA) is 107 Å². The Morgan fingerprint density at radius 2 is 2.15 bits per heavy atom. The maximum absolute atomic E-state index is 12.1. The molecule has 0 bridgehead atoms. The Labute approximate surface area is 150 Å². The van der Waals surface area contributed by atoms with Crippen molar-refractivity contribution < 1.29 is 14.1 Å². The van der Waals surface area contributed by atoms with Crippen LogP contribution in [-0.4, -0.2) is 22.8 Å². The second-order valence-electron chi connectivity index (χ2n) is 5.42. The summed E-state index contributed by atoms with van der Waals surface area (Å²) in [5.41, 5.74) is 6.69. The summed E-state index contributed by atoms with van der Waals surface area (Å²) in [4.78, 5) is 17.6. The maximum Gasteiger partial charge on any atom is 0.325 e. The van der Waals surface area contributed by atoms with Gasteiger partial charge in [-0.25, -0.2) is 14.7 Å². The van der Waals surface area contributed by atoms with Crippen molar-refractivity contribution in [2.24, 2.45) is 5.73 Å². The standard InChI is InChI=1S/C18H19N5O3/c1-3-25-13-7-8-15(14(11-13)21-16-6-4-5-9-20-16)23(18(19)24)17-10-12(2)26-22-17/h4-11H,3H2,1-2H3,(H2,19,24)(H,20,21). The van der Waals surface area contributed by atoms with E-state index in [4.69, 9.17) is 15.0 Å². The molecule has 0 aliphatic heterocycles. The van der Waals surface area contributed by atoms with Crippen LogP contribution in [0.15, 0.2) is 53.2 Å². The summed E-state index contributed by atoms with van der Waals surface area (Å²) >= 11 is 0. The Kier molecular flexibility index (Phi) is 5.02. The van der Waals surface area contributed by atoms with E-state index < -0.39 is 6.03 Å². The van der Waals surface area contributed by atoms with Crippen molar-refractivity contribution in [3.8, 4) is 5.75 Å². The summed E-state index contributed by atoms with van der Waals surface area (Å²) in [6.07, 6.45) is 1.67. The van der Waals surface area contributed by atoms with Crippen LogP contribution in [0.25, 0.3) is 0 Å². The Morgan fingerprint density at radius 3 is 2.77 bits per heavy atom. The molecule has 26 heavy (non-hydrogen) atoms. The van der Waals surface area contributed by atoms with Gasteiger partial charge in [0, 0.05) is 18.3 Å². The number of anilines is 4. The molecule has 0 atom stereocenters. The zero-order chi connectivity index (χ0) is 18.5. The third kappa shape index (κ3) is 3.75. The number of pyridine rings is 1. The molecule has 2 aromatic heterocycles. The van der Waals surface area contributed by atoms with E-state index in [2.05, 4.69) is 15.5 Å². The maximum atomic E-state index is 12.1. The predicted octanol–water partition coefficient (Wildman–Crippen LogP) is 3.74. The Hall–Kier alpha value is -3.55. The number of benzene rings is 1. The number of urea groups is 1. The predicted molar refractivity (Wildman–Crippen MR) is 98.1 cm³/mol. The van der Waals surface area contributed by atoms with Crippen LogP contribution in [0.4, 0.5) is 27.8 Å². The van der Waals surface area contributed by atoms with Gasteiger partial charge in [0.1, 0.15) is 17.3 Å². The summed E-state index contributed by atoms with van der Waals surface area (Å²) in [5.74, 6) is 2.12. The van der Waals surface area contributed by atoms with E-state index in [0.717, 1.165) is 0 Å². The van der Waals surface area contributed by atoms with Crippen molar-refractivity contribution in [3.63, 3.8) is 0 Å². The molecular formula is C18H19N5O3. The van der Waals surface area contributed by atoms with Crippen molar-refractivity contribution >= 4 is 29.0 Å². The third-order valence-electron chi connectivity index (χ3n) is 3.51. The molecule has 0 aliphatic carbocycles. The van der Waals surface area contributed by atoms with Gasteiger partial charge in [-0.1, -0.05) is 11.2 Å². The lowest BCUT2D eigenvalue weighted by atomic mass is 10.2. The smallest absolute Gasteiger partial charge is 0.325 e. The van der Waals surface area contributed by atoms with Crippen LogP contribution in [0.2, 0.25) is 0 Å². The number of hydrogen-bond donors (Lipinski definition) is 2. The molecule has 0 saturated carbocycles. The lowest BCUT2D eigenvalue weighted by molar-refractivity contribution is 0.255. The molecule has 3 N–H and O–H groups in total. The van der Waals surface area contributed by atoms with Crippen LogP contribution < -0.4 is 20.7 Å². The highest BCUT2D eigenvalue weighted by Gasteiger charge is 2.22. The summed E-state index contributed by atoms with van der Waals surface area (Å²) in [6, 6.07) is 11.7. The largest absolute Gasteiger partial charge is 0.494 e. The number of aromatic nitrogens is 2. The van der Waals surface area contributed by atoms with Gasteiger partial charge in [0.25, 0.3) is 0 Å². The molecule has 134 valence electrons. The highest BCUT2D eigenvalue weighted by molar-refractivity contribution is 6.01. The highest BCUT2D eigenvalue weighted by atomic mass is 16.5. The lowest BCUT2D eigenvalue weighted by Gasteiger charge is -2.22. The molecule has 3 rings (SSSR count). The number of carbonyl (C=O) groups excluding carboxylic acids is 1. The molecule has 2 amide bonds. The molecule has 0 spiro atoms. The average Bonchev–Trinajstić information content (AvgIpc) is 3.04. The fourth-order valence-electron chi connectivity index (χ4n) is 2.46. The number of carbonyl (C=O) groups is 1.